The minimum absolute atomic E-state index is 0.834. The van der Waals surface area contributed by atoms with Crippen molar-refractivity contribution in [1.29, 1.82) is 0 Å². The van der Waals surface area contributed by atoms with Gasteiger partial charge in [-0.05, 0) is 38.8 Å². The molecule has 1 aromatic rings. The predicted octanol–water partition coefficient (Wildman–Crippen LogP) is 2.60. The predicted molar refractivity (Wildman–Crippen MR) is 50.7 cm³/mol. The van der Waals surface area contributed by atoms with Gasteiger partial charge in [0.15, 0.2) is 5.82 Å². The van der Waals surface area contributed by atoms with Crippen molar-refractivity contribution in [2.24, 2.45) is 0 Å². The molecule has 0 amide bonds. The monoisotopic (exact) mass is 162 g/mol. The van der Waals surface area contributed by atoms with E-state index in [1.807, 2.05) is 26.2 Å². The highest BCUT2D eigenvalue weighted by Gasteiger charge is 1.99. The van der Waals surface area contributed by atoms with Crippen LogP contribution in [0.3, 0.4) is 0 Å². The average Bonchev–Trinajstić information content (AvgIpc) is 2.04. The Balaban J connectivity index is 3.06. The van der Waals surface area contributed by atoms with E-state index in [9.17, 15) is 0 Å². The summed E-state index contributed by atoms with van der Waals surface area (Å²) in [4.78, 5) is 8.46. The van der Waals surface area contributed by atoms with Crippen molar-refractivity contribution in [2.75, 3.05) is 0 Å². The van der Waals surface area contributed by atoms with Crippen LogP contribution < -0.4 is 0 Å². The number of rotatable bonds is 1. The third kappa shape index (κ3) is 1.91. The molecule has 0 bridgehead atoms. The number of aryl methyl sites for hydroxylation is 1. The third-order valence-electron chi connectivity index (χ3n) is 1.87. The normalized spacial score (nSPS) is 9.67. The molecule has 0 saturated heterocycles. The molecule has 2 heteroatoms. The summed E-state index contributed by atoms with van der Waals surface area (Å²) in [6, 6.07) is 0. The Morgan fingerprint density at radius 1 is 1.08 bits per heavy atom. The Hall–Kier alpha value is -1.18. The number of nitrogens with zero attached hydrogens (tertiary/aromatic N) is 2. The lowest BCUT2D eigenvalue weighted by molar-refractivity contribution is 1.07. The van der Waals surface area contributed by atoms with E-state index in [2.05, 4.69) is 23.8 Å². The van der Waals surface area contributed by atoms with Crippen LogP contribution in [0, 0.1) is 6.92 Å². The maximum atomic E-state index is 4.23. The summed E-state index contributed by atoms with van der Waals surface area (Å²) in [7, 11) is 0. The summed E-state index contributed by atoms with van der Waals surface area (Å²) in [6.07, 6.45) is 3.68. The van der Waals surface area contributed by atoms with Gasteiger partial charge in [0.05, 0.1) is 0 Å². The van der Waals surface area contributed by atoms with Crippen LogP contribution in [0.4, 0.5) is 0 Å². The summed E-state index contributed by atoms with van der Waals surface area (Å²) in [5.41, 5.74) is 3.52. The van der Waals surface area contributed by atoms with Crippen LogP contribution in [-0.4, -0.2) is 9.97 Å². The van der Waals surface area contributed by atoms with Crippen LogP contribution in [0.25, 0.3) is 5.57 Å². The van der Waals surface area contributed by atoms with Gasteiger partial charge in [-0.25, -0.2) is 9.97 Å². The zero-order valence-electron chi connectivity index (χ0n) is 8.05. The molecule has 2 nitrogen and oxygen atoms in total. The van der Waals surface area contributed by atoms with E-state index >= 15 is 0 Å². The number of hydrogen-bond acceptors (Lipinski definition) is 2. The van der Waals surface area contributed by atoms with Crippen molar-refractivity contribution in [1.82, 2.24) is 9.97 Å². The maximum Gasteiger partial charge on any atom is 0.154 e. The number of hydrogen-bond donors (Lipinski definition) is 0. The van der Waals surface area contributed by atoms with Gasteiger partial charge in [0, 0.05) is 12.4 Å². The topological polar surface area (TPSA) is 25.8 Å². The Kier molecular flexibility index (Phi) is 2.58. The molecule has 0 N–H and O–H groups in total. The fraction of sp³-hybridized carbons (Fsp3) is 0.400. The standard InChI is InChI=1S/C10H14N2/c1-7(2)9(4)10-11-5-8(3)6-12-10/h5-6H,1-4H3. The fourth-order valence-electron chi connectivity index (χ4n) is 0.810. The lowest BCUT2D eigenvalue weighted by Crippen LogP contribution is -1.92. The van der Waals surface area contributed by atoms with Gasteiger partial charge in [-0.1, -0.05) is 5.57 Å². The molecule has 1 rings (SSSR count). The first-order valence-corrected chi connectivity index (χ1v) is 4.04. The molecule has 0 unspecified atom stereocenters. The van der Waals surface area contributed by atoms with Gasteiger partial charge in [-0.2, -0.15) is 0 Å². The summed E-state index contributed by atoms with van der Waals surface area (Å²) < 4.78 is 0. The molecule has 0 spiro atoms. The van der Waals surface area contributed by atoms with Crippen LogP contribution in [0.2, 0.25) is 0 Å². The molecule has 12 heavy (non-hydrogen) atoms. The zero-order chi connectivity index (χ0) is 9.14. The van der Waals surface area contributed by atoms with Crippen molar-refractivity contribution in [3.05, 3.63) is 29.4 Å². The first kappa shape index (κ1) is 8.91. The molecule has 1 heterocycles. The minimum Gasteiger partial charge on any atom is -0.237 e. The van der Waals surface area contributed by atoms with E-state index in [-0.39, 0.29) is 0 Å². The van der Waals surface area contributed by atoms with Crippen LogP contribution in [-0.2, 0) is 0 Å². The van der Waals surface area contributed by atoms with Crippen LogP contribution >= 0.6 is 0 Å². The minimum atomic E-state index is 0.834. The molecule has 0 aliphatic heterocycles. The summed E-state index contributed by atoms with van der Waals surface area (Å²) >= 11 is 0. The van der Waals surface area contributed by atoms with Gasteiger partial charge in [0.2, 0.25) is 0 Å². The number of aromatic nitrogens is 2. The average molecular weight is 162 g/mol. The lowest BCUT2D eigenvalue weighted by Gasteiger charge is -2.01. The molecule has 0 saturated carbocycles. The van der Waals surface area contributed by atoms with E-state index in [0.29, 0.717) is 0 Å². The highest BCUT2D eigenvalue weighted by molar-refractivity contribution is 5.60. The van der Waals surface area contributed by atoms with Crippen molar-refractivity contribution in [2.45, 2.75) is 27.7 Å². The van der Waals surface area contributed by atoms with E-state index in [0.717, 1.165) is 17.0 Å². The second kappa shape index (κ2) is 3.48. The Morgan fingerprint density at radius 2 is 1.58 bits per heavy atom. The Morgan fingerprint density at radius 3 is 2.00 bits per heavy atom. The highest BCUT2D eigenvalue weighted by Crippen LogP contribution is 2.12. The Labute approximate surface area is 73.4 Å². The summed E-state index contributed by atoms with van der Waals surface area (Å²) in [5.74, 6) is 0.834. The molecule has 0 atom stereocenters. The van der Waals surface area contributed by atoms with Crippen molar-refractivity contribution < 1.29 is 0 Å². The molecule has 64 valence electrons. The van der Waals surface area contributed by atoms with Gasteiger partial charge >= 0.3 is 0 Å². The molecule has 0 aromatic carbocycles. The Bertz CT molecular complexity index is 292. The van der Waals surface area contributed by atoms with E-state index < -0.39 is 0 Å². The molecule has 0 aliphatic rings. The van der Waals surface area contributed by atoms with E-state index in [1.54, 1.807) is 0 Å². The van der Waals surface area contributed by atoms with Gasteiger partial charge in [0.1, 0.15) is 0 Å². The first-order valence-electron chi connectivity index (χ1n) is 4.04. The van der Waals surface area contributed by atoms with Gasteiger partial charge in [0.25, 0.3) is 0 Å². The van der Waals surface area contributed by atoms with E-state index in [4.69, 9.17) is 0 Å². The quantitative estimate of drug-likeness (QED) is 0.634. The largest absolute Gasteiger partial charge is 0.237 e. The summed E-state index contributed by atoms with van der Waals surface area (Å²) in [6.45, 7) is 8.17. The van der Waals surface area contributed by atoms with Crippen molar-refractivity contribution in [3.8, 4) is 0 Å². The van der Waals surface area contributed by atoms with E-state index in [1.165, 1.54) is 5.57 Å². The van der Waals surface area contributed by atoms with Crippen LogP contribution in [0.5, 0.6) is 0 Å². The zero-order valence-corrected chi connectivity index (χ0v) is 8.05. The molecular formula is C10H14N2. The molecule has 0 fully saturated rings. The molecule has 0 radical (unpaired) electrons. The smallest absolute Gasteiger partial charge is 0.154 e. The van der Waals surface area contributed by atoms with Gasteiger partial charge in [-0.3, -0.25) is 0 Å². The lowest BCUT2D eigenvalue weighted by atomic mass is 10.1. The second-order valence-corrected chi connectivity index (χ2v) is 3.21. The summed E-state index contributed by atoms with van der Waals surface area (Å²) in [5, 5.41) is 0. The van der Waals surface area contributed by atoms with Crippen molar-refractivity contribution >= 4 is 5.57 Å². The molecular weight excluding hydrogens is 148 g/mol. The van der Waals surface area contributed by atoms with Gasteiger partial charge < -0.3 is 0 Å². The maximum absolute atomic E-state index is 4.23. The van der Waals surface area contributed by atoms with Crippen molar-refractivity contribution in [3.63, 3.8) is 0 Å². The second-order valence-electron chi connectivity index (χ2n) is 3.21. The molecule has 0 aliphatic carbocycles. The third-order valence-corrected chi connectivity index (χ3v) is 1.87. The number of allylic oxidation sites excluding steroid dienone is 2. The highest BCUT2D eigenvalue weighted by atomic mass is 14.9. The van der Waals surface area contributed by atoms with Gasteiger partial charge in [-0.15, -0.1) is 0 Å². The SMILES string of the molecule is CC(C)=C(C)c1ncc(C)cn1. The fourth-order valence-corrected chi connectivity index (χ4v) is 0.810. The first-order chi connectivity index (χ1) is 5.61. The molecule has 1 aromatic heterocycles. The van der Waals surface area contributed by atoms with Crippen LogP contribution in [0.1, 0.15) is 32.2 Å². The van der Waals surface area contributed by atoms with Crippen LogP contribution in [0.15, 0.2) is 18.0 Å².